The van der Waals surface area contributed by atoms with Gasteiger partial charge in [-0.1, -0.05) is 6.42 Å². The second kappa shape index (κ2) is 6.19. The van der Waals surface area contributed by atoms with Crippen molar-refractivity contribution in [3.63, 3.8) is 0 Å². The predicted octanol–water partition coefficient (Wildman–Crippen LogP) is 3.04. The van der Waals surface area contributed by atoms with Crippen LogP contribution in [0.5, 0.6) is 5.75 Å². The first-order valence-electron chi connectivity index (χ1n) is 7.00. The number of hydrogen-bond acceptors (Lipinski definition) is 5. The van der Waals surface area contributed by atoms with Crippen molar-refractivity contribution in [2.45, 2.75) is 42.3 Å². The molecule has 0 radical (unpaired) electrons. The summed E-state index contributed by atoms with van der Waals surface area (Å²) in [6.45, 7) is 0.955. The normalized spacial score (nSPS) is 14.1. The van der Waals surface area contributed by atoms with Gasteiger partial charge in [0.25, 0.3) is 0 Å². The van der Waals surface area contributed by atoms with Crippen LogP contribution in [0.4, 0.5) is 0 Å². The lowest BCUT2D eigenvalue weighted by Crippen LogP contribution is -2.02. The molecule has 2 aromatic rings. The highest BCUT2D eigenvalue weighted by Gasteiger charge is 2.17. The van der Waals surface area contributed by atoms with Crippen molar-refractivity contribution < 1.29 is 4.74 Å². The number of nitrogens with zero attached hydrogens (tertiary/aromatic N) is 4. The minimum Gasteiger partial charge on any atom is -0.497 e. The first-order valence-corrected chi connectivity index (χ1v) is 7.81. The van der Waals surface area contributed by atoms with E-state index in [4.69, 9.17) is 4.74 Å². The molecule has 5 nitrogen and oxygen atoms in total. The van der Waals surface area contributed by atoms with Crippen molar-refractivity contribution in [2.75, 3.05) is 7.11 Å². The number of methoxy groups -OCH3 is 1. The van der Waals surface area contributed by atoms with Gasteiger partial charge in [-0.15, -0.1) is 10.2 Å². The minimum absolute atomic E-state index is 0.631. The fourth-order valence-corrected chi connectivity index (χ4v) is 3.42. The van der Waals surface area contributed by atoms with E-state index in [0.29, 0.717) is 5.56 Å². The molecule has 0 saturated heterocycles. The van der Waals surface area contributed by atoms with Crippen LogP contribution in [0.2, 0.25) is 0 Å². The van der Waals surface area contributed by atoms with Gasteiger partial charge < -0.3 is 9.30 Å². The summed E-state index contributed by atoms with van der Waals surface area (Å²) in [6, 6.07) is 7.67. The van der Waals surface area contributed by atoms with Crippen LogP contribution in [0.3, 0.4) is 0 Å². The Labute approximate surface area is 127 Å². The summed E-state index contributed by atoms with van der Waals surface area (Å²) >= 11 is 1.49. The summed E-state index contributed by atoms with van der Waals surface area (Å²) in [4.78, 5) is 0.858. The molecule has 0 aliphatic carbocycles. The van der Waals surface area contributed by atoms with Crippen LogP contribution >= 0.6 is 11.8 Å². The van der Waals surface area contributed by atoms with E-state index in [9.17, 15) is 5.26 Å². The third-order valence-corrected chi connectivity index (χ3v) is 4.63. The highest BCUT2D eigenvalue weighted by molar-refractivity contribution is 7.99. The van der Waals surface area contributed by atoms with Gasteiger partial charge in [-0.2, -0.15) is 5.26 Å². The number of fused-ring (bicyclic) bond motifs is 1. The topological polar surface area (TPSA) is 63.7 Å². The van der Waals surface area contributed by atoms with Gasteiger partial charge in [0, 0.05) is 17.9 Å². The van der Waals surface area contributed by atoms with Crippen molar-refractivity contribution in [1.29, 1.82) is 5.26 Å². The van der Waals surface area contributed by atoms with E-state index in [-0.39, 0.29) is 0 Å². The minimum atomic E-state index is 0.631. The molecule has 2 heterocycles. The summed E-state index contributed by atoms with van der Waals surface area (Å²) in [5, 5.41) is 18.7. The van der Waals surface area contributed by atoms with Crippen LogP contribution in [-0.4, -0.2) is 21.9 Å². The lowest BCUT2D eigenvalue weighted by molar-refractivity contribution is 0.413. The molecule has 0 unspecified atom stereocenters. The van der Waals surface area contributed by atoms with Crippen LogP contribution in [0.25, 0.3) is 0 Å². The Bertz CT molecular complexity index is 689. The molecule has 1 aliphatic rings. The number of aryl methyl sites for hydroxylation is 1. The standard InChI is InChI=1S/C15H16N4OS/c1-20-12-7-6-11(10-16)13(9-12)21-15-18-17-14-5-3-2-4-8-19(14)15/h6-7,9H,2-5,8H2,1H3. The summed E-state index contributed by atoms with van der Waals surface area (Å²) in [5.41, 5.74) is 0.631. The van der Waals surface area contributed by atoms with Gasteiger partial charge >= 0.3 is 0 Å². The molecule has 0 amide bonds. The van der Waals surface area contributed by atoms with Crippen LogP contribution in [0.15, 0.2) is 28.3 Å². The van der Waals surface area contributed by atoms with Gasteiger partial charge in [0.05, 0.1) is 12.7 Å². The van der Waals surface area contributed by atoms with Crippen LogP contribution < -0.4 is 4.74 Å². The SMILES string of the molecule is COc1ccc(C#N)c(Sc2nnc3n2CCCCC3)c1. The van der Waals surface area contributed by atoms with Crippen molar-refractivity contribution >= 4 is 11.8 Å². The number of ether oxygens (including phenoxy) is 1. The average molecular weight is 300 g/mol. The van der Waals surface area contributed by atoms with E-state index >= 15 is 0 Å². The van der Waals surface area contributed by atoms with E-state index in [1.165, 1.54) is 24.6 Å². The Morgan fingerprint density at radius 2 is 2.19 bits per heavy atom. The van der Waals surface area contributed by atoms with Gasteiger partial charge in [0.2, 0.25) is 0 Å². The fourth-order valence-electron chi connectivity index (χ4n) is 2.44. The molecule has 0 bridgehead atoms. The lowest BCUT2D eigenvalue weighted by atomic mass is 10.2. The first kappa shape index (κ1) is 14.0. The average Bonchev–Trinajstić information content (AvgIpc) is 2.74. The summed E-state index contributed by atoms with van der Waals surface area (Å²) < 4.78 is 7.42. The molecule has 6 heteroatoms. The molecule has 0 atom stereocenters. The predicted molar refractivity (Wildman–Crippen MR) is 79.4 cm³/mol. The third-order valence-electron chi connectivity index (χ3n) is 3.59. The largest absolute Gasteiger partial charge is 0.497 e. The maximum absolute atomic E-state index is 9.25. The number of rotatable bonds is 3. The second-order valence-electron chi connectivity index (χ2n) is 4.94. The van der Waals surface area contributed by atoms with Crippen molar-refractivity contribution in [3.05, 3.63) is 29.6 Å². The lowest BCUT2D eigenvalue weighted by Gasteiger charge is -2.08. The molecule has 0 saturated carbocycles. The summed E-state index contributed by atoms with van der Waals surface area (Å²) in [5.74, 6) is 1.79. The van der Waals surface area contributed by atoms with Gasteiger partial charge in [-0.3, -0.25) is 0 Å². The second-order valence-corrected chi connectivity index (χ2v) is 5.95. The molecule has 0 fully saturated rings. The van der Waals surface area contributed by atoms with E-state index in [1.807, 2.05) is 6.07 Å². The number of hydrogen-bond donors (Lipinski definition) is 0. The maximum atomic E-state index is 9.25. The number of benzene rings is 1. The highest BCUT2D eigenvalue weighted by Crippen LogP contribution is 2.33. The first-order chi connectivity index (χ1) is 10.3. The van der Waals surface area contributed by atoms with E-state index in [2.05, 4.69) is 20.8 Å². The monoisotopic (exact) mass is 300 g/mol. The number of aromatic nitrogens is 3. The molecule has 0 N–H and O–H groups in total. The molecule has 1 aromatic heterocycles. The number of nitriles is 1. The van der Waals surface area contributed by atoms with Gasteiger partial charge in [0.15, 0.2) is 5.16 Å². The Hall–Kier alpha value is -2.00. The van der Waals surface area contributed by atoms with E-state index < -0.39 is 0 Å². The summed E-state index contributed by atoms with van der Waals surface area (Å²) in [7, 11) is 1.62. The maximum Gasteiger partial charge on any atom is 0.196 e. The molecule has 1 aliphatic heterocycles. The zero-order valence-corrected chi connectivity index (χ0v) is 12.7. The Balaban J connectivity index is 1.94. The third kappa shape index (κ3) is 2.88. The molecule has 108 valence electrons. The fraction of sp³-hybridized carbons (Fsp3) is 0.400. The molecule has 21 heavy (non-hydrogen) atoms. The Morgan fingerprint density at radius 3 is 3.00 bits per heavy atom. The smallest absolute Gasteiger partial charge is 0.196 e. The van der Waals surface area contributed by atoms with Crippen molar-refractivity contribution in [1.82, 2.24) is 14.8 Å². The molecule has 3 rings (SSSR count). The Kier molecular flexibility index (Phi) is 4.11. The molecular formula is C15H16N4OS. The molecule has 1 aromatic carbocycles. The van der Waals surface area contributed by atoms with Crippen LogP contribution in [-0.2, 0) is 13.0 Å². The summed E-state index contributed by atoms with van der Waals surface area (Å²) in [6.07, 6.45) is 4.54. The van der Waals surface area contributed by atoms with Crippen molar-refractivity contribution in [3.8, 4) is 11.8 Å². The quantitative estimate of drug-likeness (QED) is 0.871. The Morgan fingerprint density at radius 1 is 1.29 bits per heavy atom. The van der Waals surface area contributed by atoms with Gasteiger partial charge in [-0.25, -0.2) is 0 Å². The van der Waals surface area contributed by atoms with Crippen molar-refractivity contribution in [2.24, 2.45) is 0 Å². The zero-order chi connectivity index (χ0) is 14.7. The zero-order valence-electron chi connectivity index (χ0n) is 11.9. The van der Waals surface area contributed by atoms with E-state index in [1.54, 1.807) is 19.2 Å². The van der Waals surface area contributed by atoms with E-state index in [0.717, 1.165) is 41.0 Å². The van der Waals surface area contributed by atoms with Crippen LogP contribution in [0.1, 0.15) is 30.7 Å². The van der Waals surface area contributed by atoms with Gasteiger partial charge in [0.1, 0.15) is 17.6 Å². The molecular weight excluding hydrogens is 284 g/mol. The molecule has 0 spiro atoms. The highest BCUT2D eigenvalue weighted by atomic mass is 32.2. The van der Waals surface area contributed by atoms with Crippen LogP contribution in [0, 0.1) is 11.3 Å². The van der Waals surface area contributed by atoms with Gasteiger partial charge in [-0.05, 0) is 42.8 Å².